The molecule has 2 aromatic rings. The lowest BCUT2D eigenvalue weighted by Crippen LogP contribution is -2.43. The van der Waals surface area contributed by atoms with Crippen LogP contribution in [0.3, 0.4) is 0 Å². The van der Waals surface area contributed by atoms with Gasteiger partial charge in [0, 0.05) is 26.3 Å². The van der Waals surface area contributed by atoms with Gasteiger partial charge in [-0.15, -0.1) is 0 Å². The van der Waals surface area contributed by atoms with Crippen LogP contribution in [0.15, 0.2) is 35.6 Å². The summed E-state index contributed by atoms with van der Waals surface area (Å²) >= 11 is 0. The first-order chi connectivity index (χ1) is 16.9. The Morgan fingerprint density at radius 3 is 2.49 bits per heavy atom. The van der Waals surface area contributed by atoms with Crippen molar-refractivity contribution in [1.82, 2.24) is 19.8 Å². The van der Waals surface area contributed by atoms with Crippen LogP contribution >= 0.6 is 0 Å². The van der Waals surface area contributed by atoms with Gasteiger partial charge in [-0.3, -0.25) is 0 Å². The third-order valence-corrected chi connectivity index (χ3v) is 7.87. The molecule has 1 aromatic heterocycles. The molecule has 2 unspecified atom stereocenters. The van der Waals surface area contributed by atoms with E-state index >= 15 is 0 Å². The summed E-state index contributed by atoms with van der Waals surface area (Å²) in [7, 11) is -3.84. The Morgan fingerprint density at radius 1 is 1.17 bits per heavy atom. The number of carbonyl (C=O) groups excluding carboxylic acids is 1. The Labute approximate surface area is 205 Å². The summed E-state index contributed by atoms with van der Waals surface area (Å²) in [4.78, 5) is 18.8. The highest BCUT2D eigenvalue weighted by Crippen LogP contribution is 2.23. The molecular formula is C24H33FN4O5S. The van der Waals surface area contributed by atoms with E-state index in [1.807, 2.05) is 6.92 Å². The second-order valence-corrected chi connectivity index (χ2v) is 10.9. The Hall–Kier alpha value is -2.50. The molecule has 1 N–H and O–H groups in total. The normalized spacial score (nSPS) is 20.3. The summed E-state index contributed by atoms with van der Waals surface area (Å²) in [5.41, 5.74) is 1.09. The van der Waals surface area contributed by atoms with E-state index in [1.54, 1.807) is 9.47 Å². The summed E-state index contributed by atoms with van der Waals surface area (Å²) in [5, 5.41) is 2.77. The van der Waals surface area contributed by atoms with Crippen LogP contribution in [0.1, 0.15) is 43.9 Å². The van der Waals surface area contributed by atoms with Crippen molar-refractivity contribution in [3.63, 3.8) is 0 Å². The van der Waals surface area contributed by atoms with E-state index in [0.717, 1.165) is 25.7 Å². The Kier molecular flexibility index (Phi) is 8.40. The van der Waals surface area contributed by atoms with E-state index in [-0.39, 0.29) is 35.7 Å². The first kappa shape index (κ1) is 25.6. The highest BCUT2D eigenvalue weighted by Gasteiger charge is 2.29. The lowest BCUT2D eigenvalue weighted by Gasteiger charge is -2.26. The first-order valence-corrected chi connectivity index (χ1v) is 13.8. The minimum atomic E-state index is -3.84. The van der Waals surface area contributed by atoms with Crippen molar-refractivity contribution < 1.29 is 27.1 Å². The monoisotopic (exact) mass is 508 g/mol. The summed E-state index contributed by atoms with van der Waals surface area (Å²) in [6.07, 6.45) is 4.92. The van der Waals surface area contributed by atoms with Crippen LogP contribution in [0.2, 0.25) is 0 Å². The molecule has 11 heteroatoms. The molecule has 3 heterocycles. The van der Waals surface area contributed by atoms with Gasteiger partial charge in [0.15, 0.2) is 0 Å². The predicted octanol–water partition coefficient (Wildman–Crippen LogP) is 2.89. The van der Waals surface area contributed by atoms with Gasteiger partial charge >= 0.3 is 6.03 Å². The van der Waals surface area contributed by atoms with Crippen LogP contribution in [-0.2, 0) is 38.2 Å². The average molecular weight is 509 g/mol. The minimum Gasteiger partial charge on any atom is -0.376 e. The largest absolute Gasteiger partial charge is 0.376 e. The molecule has 2 atom stereocenters. The van der Waals surface area contributed by atoms with Crippen molar-refractivity contribution in [2.75, 3.05) is 26.3 Å². The molecule has 2 aliphatic rings. The molecule has 35 heavy (non-hydrogen) atoms. The van der Waals surface area contributed by atoms with Crippen molar-refractivity contribution in [2.45, 2.75) is 68.8 Å². The van der Waals surface area contributed by atoms with Crippen molar-refractivity contribution in [1.29, 1.82) is 0 Å². The van der Waals surface area contributed by atoms with E-state index in [4.69, 9.17) is 9.47 Å². The quantitative estimate of drug-likeness (QED) is 0.530. The molecule has 2 amide bonds. The molecule has 1 aromatic carbocycles. The number of hydrogen-bond donors (Lipinski definition) is 1. The Balaban J connectivity index is 1.62. The third-order valence-electron chi connectivity index (χ3n) is 6.28. The second-order valence-electron chi connectivity index (χ2n) is 9.01. The molecule has 0 saturated carbocycles. The topological polar surface area (TPSA) is 103 Å². The first-order valence-electron chi connectivity index (χ1n) is 12.1. The summed E-state index contributed by atoms with van der Waals surface area (Å²) in [6, 6.07) is 5.16. The smallest absolute Gasteiger partial charge is 0.317 e. The predicted molar refractivity (Wildman–Crippen MR) is 127 cm³/mol. The SMILES string of the molecule is CCNC(=O)N(Cc1cnc(S(=O)(=O)Cc2ccc(F)cc2)n1CC1CCCO1)CC1CCCO1. The number of benzene rings is 1. The van der Waals surface area contributed by atoms with Crippen LogP contribution in [0, 0.1) is 5.82 Å². The van der Waals surface area contributed by atoms with Gasteiger partial charge in [0.05, 0.1) is 42.9 Å². The Morgan fingerprint density at radius 2 is 1.86 bits per heavy atom. The van der Waals surface area contributed by atoms with Crippen LogP contribution < -0.4 is 5.32 Å². The third kappa shape index (κ3) is 6.59. The highest BCUT2D eigenvalue weighted by atomic mass is 32.2. The minimum absolute atomic E-state index is 0.0474. The fourth-order valence-corrected chi connectivity index (χ4v) is 6.03. The Bertz CT molecular complexity index is 1090. The molecule has 0 aliphatic carbocycles. The molecule has 2 saturated heterocycles. The number of sulfone groups is 1. The number of rotatable bonds is 10. The zero-order valence-corrected chi connectivity index (χ0v) is 20.8. The molecule has 2 fully saturated rings. The highest BCUT2D eigenvalue weighted by molar-refractivity contribution is 7.90. The van der Waals surface area contributed by atoms with Crippen molar-refractivity contribution in [2.24, 2.45) is 0 Å². The van der Waals surface area contributed by atoms with E-state index in [1.165, 1.54) is 30.5 Å². The average Bonchev–Trinajstić information content (AvgIpc) is 3.59. The van der Waals surface area contributed by atoms with E-state index < -0.39 is 15.7 Å². The summed E-state index contributed by atoms with van der Waals surface area (Å²) < 4.78 is 53.2. The van der Waals surface area contributed by atoms with Crippen LogP contribution in [0.25, 0.3) is 0 Å². The number of carbonyl (C=O) groups is 1. The standard InChI is InChI=1S/C24H33FN4O5S/c1-2-26-23(30)28(15-21-5-3-11-33-21)14-20-13-27-24(29(20)16-22-6-4-12-34-22)35(31,32)17-18-7-9-19(25)10-8-18/h7-10,13,21-22H,2-6,11-12,14-17H2,1H3,(H,26,30). The van der Waals surface area contributed by atoms with Gasteiger partial charge in [0.25, 0.3) is 0 Å². The zero-order chi connectivity index (χ0) is 24.8. The fraction of sp³-hybridized carbons (Fsp3) is 0.583. The number of aromatic nitrogens is 2. The maximum absolute atomic E-state index is 13.4. The lowest BCUT2D eigenvalue weighted by atomic mass is 10.2. The van der Waals surface area contributed by atoms with Gasteiger partial charge in [-0.25, -0.2) is 22.6 Å². The van der Waals surface area contributed by atoms with Crippen LogP contribution in [0.4, 0.5) is 9.18 Å². The van der Waals surface area contributed by atoms with Crippen molar-refractivity contribution in [3.8, 4) is 0 Å². The molecule has 2 aliphatic heterocycles. The number of imidazole rings is 1. The molecular weight excluding hydrogens is 475 g/mol. The maximum atomic E-state index is 13.4. The van der Waals surface area contributed by atoms with E-state index in [0.29, 0.717) is 44.1 Å². The fourth-order valence-electron chi connectivity index (χ4n) is 4.53. The number of nitrogens with one attached hydrogen (secondary N) is 1. The zero-order valence-electron chi connectivity index (χ0n) is 20.0. The molecule has 192 valence electrons. The molecule has 0 bridgehead atoms. The van der Waals surface area contributed by atoms with Gasteiger partial charge < -0.3 is 24.3 Å². The molecule has 9 nitrogen and oxygen atoms in total. The molecule has 0 radical (unpaired) electrons. The number of nitrogens with zero attached hydrogens (tertiary/aromatic N) is 3. The van der Waals surface area contributed by atoms with Gasteiger partial charge in [-0.05, 0) is 50.3 Å². The maximum Gasteiger partial charge on any atom is 0.317 e. The number of amides is 2. The lowest BCUT2D eigenvalue weighted by molar-refractivity contribution is 0.0772. The van der Waals surface area contributed by atoms with Gasteiger partial charge in [0.1, 0.15) is 5.82 Å². The molecule has 0 spiro atoms. The second kappa shape index (κ2) is 11.5. The van der Waals surface area contributed by atoms with Crippen LogP contribution in [0.5, 0.6) is 0 Å². The van der Waals surface area contributed by atoms with E-state index in [9.17, 15) is 17.6 Å². The number of hydrogen-bond acceptors (Lipinski definition) is 6. The van der Waals surface area contributed by atoms with Crippen LogP contribution in [-0.4, -0.2) is 67.4 Å². The molecule has 4 rings (SSSR count). The summed E-state index contributed by atoms with van der Waals surface area (Å²) in [5.74, 6) is -0.726. The number of ether oxygens (including phenoxy) is 2. The van der Waals surface area contributed by atoms with Crippen molar-refractivity contribution >= 4 is 15.9 Å². The van der Waals surface area contributed by atoms with Crippen molar-refractivity contribution in [3.05, 3.63) is 47.5 Å². The van der Waals surface area contributed by atoms with Gasteiger partial charge in [-0.2, -0.15) is 0 Å². The van der Waals surface area contributed by atoms with Gasteiger partial charge in [-0.1, -0.05) is 12.1 Å². The summed E-state index contributed by atoms with van der Waals surface area (Å²) in [6.45, 7) is 4.58. The number of halogens is 1. The van der Waals surface area contributed by atoms with Gasteiger partial charge in [0.2, 0.25) is 15.0 Å². The van der Waals surface area contributed by atoms with E-state index in [2.05, 4.69) is 10.3 Å². The number of urea groups is 1.